The molecule has 1 aromatic carbocycles. The Morgan fingerprint density at radius 3 is 2.54 bits per heavy atom. The first-order chi connectivity index (χ1) is 18.9. The lowest BCUT2D eigenvalue weighted by Crippen LogP contribution is -2.08. The lowest BCUT2D eigenvalue weighted by molar-refractivity contribution is -0.141. The van der Waals surface area contributed by atoms with Crippen molar-refractivity contribution in [3.8, 4) is 28.8 Å². The Morgan fingerprint density at radius 2 is 1.85 bits per heavy atom. The third-order valence-electron chi connectivity index (χ3n) is 6.37. The first-order valence-electron chi connectivity index (χ1n) is 12.3. The van der Waals surface area contributed by atoms with E-state index < -0.39 is 11.9 Å². The molecule has 0 saturated heterocycles. The van der Waals surface area contributed by atoms with Gasteiger partial charge in [0.05, 0.1) is 43.2 Å². The van der Waals surface area contributed by atoms with Gasteiger partial charge in [-0.2, -0.15) is 23.4 Å². The first kappa shape index (κ1) is 24.8. The number of nitrogens with zero attached hydrogens (tertiary/aromatic N) is 8. The molecule has 0 atom stereocenters. The molecule has 1 saturated carbocycles. The van der Waals surface area contributed by atoms with E-state index in [0.29, 0.717) is 41.1 Å². The van der Waals surface area contributed by atoms with Gasteiger partial charge >= 0.3 is 6.18 Å². The van der Waals surface area contributed by atoms with Crippen molar-refractivity contribution in [2.75, 3.05) is 13.7 Å². The molecular weight excluding hydrogens is 513 g/mol. The van der Waals surface area contributed by atoms with Crippen molar-refractivity contribution in [2.24, 2.45) is 0 Å². The fourth-order valence-electron chi connectivity index (χ4n) is 4.37. The van der Waals surface area contributed by atoms with Gasteiger partial charge in [0.2, 0.25) is 11.8 Å². The van der Waals surface area contributed by atoms with Gasteiger partial charge in [0.1, 0.15) is 11.9 Å². The Kier molecular flexibility index (Phi) is 6.12. The smallest absolute Gasteiger partial charge is 0.435 e. The van der Waals surface area contributed by atoms with Crippen LogP contribution in [0.2, 0.25) is 0 Å². The van der Waals surface area contributed by atoms with Crippen LogP contribution in [0.1, 0.15) is 42.6 Å². The lowest BCUT2D eigenvalue weighted by Gasteiger charge is -2.11. The molecule has 1 aliphatic carbocycles. The van der Waals surface area contributed by atoms with Gasteiger partial charge in [0.15, 0.2) is 17.2 Å². The molecule has 0 aliphatic heterocycles. The van der Waals surface area contributed by atoms with Gasteiger partial charge in [-0.3, -0.25) is 0 Å². The topological polar surface area (TPSA) is 106 Å². The summed E-state index contributed by atoms with van der Waals surface area (Å²) in [6.07, 6.45) is 2.40. The van der Waals surface area contributed by atoms with E-state index in [2.05, 4.69) is 25.1 Å². The van der Waals surface area contributed by atoms with Crippen LogP contribution < -0.4 is 9.47 Å². The van der Waals surface area contributed by atoms with E-state index in [1.165, 1.54) is 6.33 Å². The molecule has 0 N–H and O–H groups in total. The number of methoxy groups -OCH3 is 1. The van der Waals surface area contributed by atoms with Crippen molar-refractivity contribution in [3.63, 3.8) is 0 Å². The number of rotatable bonds is 8. The van der Waals surface area contributed by atoms with Crippen LogP contribution in [0.25, 0.3) is 28.1 Å². The molecule has 4 aromatic heterocycles. The van der Waals surface area contributed by atoms with E-state index in [-0.39, 0.29) is 12.5 Å². The summed E-state index contributed by atoms with van der Waals surface area (Å²) in [5.74, 6) is 1.24. The average molecular weight is 537 g/mol. The second kappa shape index (κ2) is 9.64. The molecule has 0 unspecified atom stereocenters. The molecule has 1 aliphatic rings. The van der Waals surface area contributed by atoms with Gasteiger partial charge in [0.25, 0.3) is 0 Å². The summed E-state index contributed by atoms with van der Waals surface area (Å²) in [4.78, 5) is 18.1. The van der Waals surface area contributed by atoms with Crippen molar-refractivity contribution in [3.05, 3.63) is 66.0 Å². The van der Waals surface area contributed by atoms with Gasteiger partial charge in [-0.1, -0.05) is 12.1 Å². The van der Waals surface area contributed by atoms with E-state index in [4.69, 9.17) is 14.5 Å². The van der Waals surface area contributed by atoms with Gasteiger partial charge in [-0.15, -0.1) is 0 Å². The SMILES string of the molecule is CCOc1cc(C(F)(F)F)nn1-c1ccc(Cn2ncc3cnc(-c4c(OC)ncnc4C4CC4)nc32)cc1. The highest BCUT2D eigenvalue weighted by atomic mass is 19.4. The normalized spacial score (nSPS) is 13.7. The third-order valence-corrected chi connectivity index (χ3v) is 6.37. The third kappa shape index (κ3) is 4.75. The number of hydrogen-bond acceptors (Lipinski definition) is 8. The van der Waals surface area contributed by atoms with Crippen LogP contribution in [0.3, 0.4) is 0 Å². The van der Waals surface area contributed by atoms with Gasteiger partial charge in [-0.05, 0) is 37.5 Å². The Balaban J connectivity index is 1.31. The minimum absolute atomic E-state index is 0.0192. The van der Waals surface area contributed by atoms with Crippen LogP contribution in [-0.2, 0) is 12.7 Å². The quantitative estimate of drug-likeness (QED) is 0.278. The highest BCUT2D eigenvalue weighted by Crippen LogP contribution is 2.44. The number of fused-ring (bicyclic) bond motifs is 1. The summed E-state index contributed by atoms with van der Waals surface area (Å²) in [5.41, 5.74) is 2.47. The van der Waals surface area contributed by atoms with Crippen molar-refractivity contribution < 1.29 is 22.6 Å². The van der Waals surface area contributed by atoms with Crippen molar-refractivity contribution in [2.45, 2.75) is 38.4 Å². The Hall–Kier alpha value is -4.55. The van der Waals surface area contributed by atoms with Crippen LogP contribution in [0.4, 0.5) is 13.2 Å². The molecule has 6 rings (SSSR count). The van der Waals surface area contributed by atoms with E-state index in [1.54, 1.807) is 55.4 Å². The van der Waals surface area contributed by atoms with Gasteiger partial charge < -0.3 is 9.47 Å². The van der Waals surface area contributed by atoms with Crippen LogP contribution in [0, 0.1) is 0 Å². The maximum absolute atomic E-state index is 13.2. The van der Waals surface area contributed by atoms with Crippen LogP contribution in [0.5, 0.6) is 11.8 Å². The fourth-order valence-corrected chi connectivity index (χ4v) is 4.37. The van der Waals surface area contributed by atoms with E-state index in [1.807, 2.05) is 0 Å². The lowest BCUT2D eigenvalue weighted by atomic mass is 10.1. The monoisotopic (exact) mass is 536 g/mol. The van der Waals surface area contributed by atoms with Gasteiger partial charge in [-0.25, -0.2) is 29.3 Å². The van der Waals surface area contributed by atoms with Gasteiger partial charge in [0, 0.05) is 18.2 Å². The molecule has 4 heterocycles. The molecule has 200 valence electrons. The second-order valence-corrected chi connectivity index (χ2v) is 9.07. The Bertz CT molecular complexity index is 1640. The summed E-state index contributed by atoms with van der Waals surface area (Å²) in [7, 11) is 1.56. The second-order valence-electron chi connectivity index (χ2n) is 9.07. The molecule has 39 heavy (non-hydrogen) atoms. The molecule has 5 aromatic rings. The largest absolute Gasteiger partial charge is 0.480 e. The predicted octanol–water partition coefficient (Wildman–Crippen LogP) is 4.82. The number of ether oxygens (including phenoxy) is 2. The standard InChI is InChI=1S/C26H23F3N8O2/c1-3-39-20-10-19(26(27,28)29)35-37(20)18-8-4-15(5-9-18)13-36-24-17(12-33-36)11-30-23(34-24)21-22(16-6-7-16)31-14-32-25(21)38-2/h4-5,8-12,14,16H,3,6-7,13H2,1-2H3. The highest BCUT2D eigenvalue weighted by Gasteiger charge is 2.35. The number of alkyl halides is 3. The number of benzene rings is 1. The van der Waals surface area contributed by atoms with Crippen LogP contribution in [0.15, 0.2) is 49.1 Å². The Morgan fingerprint density at radius 1 is 1.05 bits per heavy atom. The zero-order valence-electron chi connectivity index (χ0n) is 21.1. The molecule has 0 radical (unpaired) electrons. The maximum Gasteiger partial charge on any atom is 0.435 e. The van der Waals surface area contributed by atoms with E-state index in [0.717, 1.165) is 40.2 Å². The summed E-state index contributed by atoms with van der Waals surface area (Å²) in [5, 5.41) is 8.94. The predicted molar refractivity (Wildman–Crippen MR) is 134 cm³/mol. The van der Waals surface area contributed by atoms with E-state index in [9.17, 15) is 13.2 Å². The molecular formula is C26H23F3N8O2. The van der Waals surface area contributed by atoms with Crippen LogP contribution >= 0.6 is 0 Å². The summed E-state index contributed by atoms with van der Waals surface area (Å²) < 4.78 is 53.4. The summed E-state index contributed by atoms with van der Waals surface area (Å²) in [6.45, 7) is 2.29. The first-order valence-corrected chi connectivity index (χ1v) is 12.3. The minimum atomic E-state index is -4.58. The number of hydrogen-bond donors (Lipinski definition) is 0. The number of aromatic nitrogens is 8. The number of halogens is 3. The zero-order chi connectivity index (χ0) is 27.1. The van der Waals surface area contributed by atoms with Crippen molar-refractivity contribution in [1.82, 2.24) is 39.5 Å². The maximum atomic E-state index is 13.2. The summed E-state index contributed by atoms with van der Waals surface area (Å²) in [6, 6.07) is 7.87. The minimum Gasteiger partial charge on any atom is -0.480 e. The average Bonchev–Trinajstić information content (AvgIpc) is 3.58. The molecule has 10 nitrogen and oxygen atoms in total. The van der Waals surface area contributed by atoms with E-state index >= 15 is 0 Å². The Labute approximate surface area is 220 Å². The molecule has 0 bridgehead atoms. The molecule has 0 amide bonds. The molecule has 1 fully saturated rings. The highest BCUT2D eigenvalue weighted by molar-refractivity contribution is 5.77. The van der Waals surface area contributed by atoms with Crippen molar-refractivity contribution in [1.29, 1.82) is 0 Å². The zero-order valence-corrected chi connectivity index (χ0v) is 21.1. The summed E-state index contributed by atoms with van der Waals surface area (Å²) >= 11 is 0. The molecule has 13 heteroatoms. The van der Waals surface area contributed by atoms with Crippen molar-refractivity contribution >= 4 is 11.0 Å². The molecule has 0 spiro atoms. The van der Waals surface area contributed by atoms with Crippen LogP contribution in [-0.4, -0.2) is 53.2 Å². The fraction of sp³-hybridized carbons (Fsp3) is 0.308.